The Hall–Kier alpha value is -3.78. The van der Waals surface area contributed by atoms with Gasteiger partial charge in [0.05, 0.1) is 17.7 Å². The number of hydrogen-bond acceptors (Lipinski definition) is 5. The van der Waals surface area contributed by atoms with Crippen molar-refractivity contribution < 1.29 is 22.4 Å². The Morgan fingerprint density at radius 2 is 1.68 bits per heavy atom. The molecule has 1 aromatic heterocycles. The molecule has 0 fully saturated rings. The second-order valence-corrected chi connectivity index (χ2v) is 8.57. The number of sulfonamides is 1. The number of aryl methyl sites for hydroxylation is 1. The number of para-hydroxylation sites is 3. The molecular formula is C23H20N2O5S. The predicted octanol–water partition coefficient (Wildman–Crippen LogP) is 4.80. The maximum Gasteiger partial charge on any atom is 0.291 e. The second-order valence-electron chi connectivity index (χ2n) is 6.89. The van der Waals surface area contributed by atoms with Crippen LogP contribution in [0.3, 0.4) is 0 Å². The largest absolute Gasteiger partial charge is 0.495 e. The van der Waals surface area contributed by atoms with Crippen molar-refractivity contribution >= 4 is 38.3 Å². The third-order valence-corrected chi connectivity index (χ3v) is 6.13. The van der Waals surface area contributed by atoms with Gasteiger partial charge in [-0.05, 0) is 48.9 Å². The van der Waals surface area contributed by atoms with Gasteiger partial charge in [-0.2, -0.15) is 0 Å². The number of hydrogen-bond donors (Lipinski definition) is 2. The predicted molar refractivity (Wildman–Crippen MR) is 119 cm³/mol. The van der Waals surface area contributed by atoms with Crippen LogP contribution in [-0.2, 0) is 10.0 Å². The highest BCUT2D eigenvalue weighted by Crippen LogP contribution is 2.28. The third kappa shape index (κ3) is 4.24. The molecule has 0 aliphatic carbocycles. The van der Waals surface area contributed by atoms with E-state index in [1.807, 2.05) is 18.2 Å². The van der Waals surface area contributed by atoms with Crippen LogP contribution in [0.5, 0.6) is 5.75 Å². The highest BCUT2D eigenvalue weighted by molar-refractivity contribution is 7.92. The molecule has 8 heteroatoms. The van der Waals surface area contributed by atoms with E-state index >= 15 is 0 Å². The maximum absolute atomic E-state index is 12.9. The first-order valence-electron chi connectivity index (χ1n) is 9.44. The van der Waals surface area contributed by atoms with Crippen LogP contribution in [0.2, 0.25) is 0 Å². The molecule has 31 heavy (non-hydrogen) atoms. The van der Waals surface area contributed by atoms with Gasteiger partial charge in [0.25, 0.3) is 15.9 Å². The fourth-order valence-electron chi connectivity index (χ4n) is 3.11. The Morgan fingerprint density at radius 1 is 0.935 bits per heavy atom. The molecule has 0 bridgehead atoms. The number of fused-ring (bicyclic) bond motifs is 1. The first-order chi connectivity index (χ1) is 14.9. The number of carbonyl (C=O) groups is 1. The van der Waals surface area contributed by atoms with Gasteiger partial charge in [-0.25, -0.2) is 8.42 Å². The van der Waals surface area contributed by atoms with Gasteiger partial charge in [0, 0.05) is 11.1 Å². The average Bonchev–Trinajstić information content (AvgIpc) is 3.20. The summed E-state index contributed by atoms with van der Waals surface area (Å²) in [7, 11) is -2.45. The number of rotatable bonds is 6. The van der Waals surface area contributed by atoms with E-state index in [4.69, 9.17) is 9.15 Å². The van der Waals surface area contributed by atoms with Gasteiger partial charge in [0.2, 0.25) is 0 Å². The van der Waals surface area contributed by atoms with Crippen LogP contribution < -0.4 is 14.8 Å². The summed E-state index contributed by atoms with van der Waals surface area (Å²) in [5, 5.41) is 3.54. The fraction of sp³-hybridized carbons (Fsp3) is 0.0870. The zero-order valence-corrected chi connectivity index (χ0v) is 17.7. The number of carbonyl (C=O) groups excluding carboxylic acids is 1. The lowest BCUT2D eigenvalue weighted by Crippen LogP contribution is -2.16. The van der Waals surface area contributed by atoms with E-state index in [1.54, 1.807) is 49.4 Å². The molecule has 1 amide bonds. The van der Waals surface area contributed by atoms with E-state index in [1.165, 1.54) is 19.2 Å². The minimum Gasteiger partial charge on any atom is -0.495 e. The monoisotopic (exact) mass is 436 g/mol. The van der Waals surface area contributed by atoms with Gasteiger partial charge in [-0.1, -0.05) is 36.4 Å². The van der Waals surface area contributed by atoms with Crippen LogP contribution in [0.25, 0.3) is 11.0 Å². The first-order valence-corrected chi connectivity index (χ1v) is 10.9. The third-order valence-electron chi connectivity index (χ3n) is 4.77. The molecule has 0 spiro atoms. The quantitative estimate of drug-likeness (QED) is 0.452. The van der Waals surface area contributed by atoms with Crippen molar-refractivity contribution in [2.75, 3.05) is 17.1 Å². The number of furan rings is 1. The van der Waals surface area contributed by atoms with Crippen molar-refractivity contribution in [3.8, 4) is 5.75 Å². The molecule has 0 saturated carbocycles. The Labute approximate surface area is 179 Å². The zero-order valence-electron chi connectivity index (χ0n) is 16.9. The van der Waals surface area contributed by atoms with Gasteiger partial charge >= 0.3 is 0 Å². The van der Waals surface area contributed by atoms with E-state index in [0.29, 0.717) is 28.3 Å². The molecule has 0 saturated heterocycles. The van der Waals surface area contributed by atoms with E-state index in [9.17, 15) is 13.2 Å². The van der Waals surface area contributed by atoms with Crippen LogP contribution in [0.15, 0.2) is 82.1 Å². The van der Waals surface area contributed by atoms with E-state index in [2.05, 4.69) is 10.0 Å². The minimum atomic E-state index is -3.91. The van der Waals surface area contributed by atoms with Gasteiger partial charge in [-0.3, -0.25) is 9.52 Å². The number of nitrogens with one attached hydrogen (secondary N) is 2. The molecular weight excluding hydrogens is 416 g/mol. The van der Waals surface area contributed by atoms with Crippen LogP contribution >= 0.6 is 0 Å². The number of ether oxygens (including phenoxy) is 1. The standard InChI is InChI=1S/C23H20N2O5S/c1-15-11-12-17(31(27,28)25-18-8-4-6-10-21(18)29-2)14-19(15)24-23(26)22-13-16-7-3-5-9-20(16)30-22/h3-14,25H,1-2H3,(H,24,26). The van der Waals surface area contributed by atoms with Crippen molar-refractivity contribution in [1.29, 1.82) is 0 Å². The highest BCUT2D eigenvalue weighted by atomic mass is 32.2. The number of benzene rings is 3. The molecule has 0 aliphatic rings. The lowest BCUT2D eigenvalue weighted by Gasteiger charge is -2.13. The van der Waals surface area contributed by atoms with Crippen molar-refractivity contribution in [2.45, 2.75) is 11.8 Å². The SMILES string of the molecule is COc1ccccc1NS(=O)(=O)c1ccc(C)c(NC(=O)c2cc3ccccc3o2)c1. The van der Waals surface area contributed by atoms with Gasteiger partial charge in [-0.15, -0.1) is 0 Å². The van der Waals surface area contributed by atoms with Crippen molar-refractivity contribution in [1.82, 2.24) is 0 Å². The first kappa shape index (κ1) is 20.5. The zero-order chi connectivity index (χ0) is 22.0. The van der Waals surface area contributed by atoms with Gasteiger partial charge < -0.3 is 14.5 Å². The van der Waals surface area contributed by atoms with Crippen molar-refractivity contribution in [2.24, 2.45) is 0 Å². The van der Waals surface area contributed by atoms with Gasteiger partial charge in [0.15, 0.2) is 5.76 Å². The average molecular weight is 436 g/mol. The molecule has 158 valence electrons. The Balaban J connectivity index is 1.61. The highest BCUT2D eigenvalue weighted by Gasteiger charge is 2.19. The topological polar surface area (TPSA) is 97.6 Å². The molecule has 7 nitrogen and oxygen atoms in total. The van der Waals surface area contributed by atoms with Crippen molar-refractivity contribution in [3.05, 3.63) is 84.1 Å². The summed E-state index contributed by atoms with van der Waals surface area (Å²) >= 11 is 0. The maximum atomic E-state index is 12.9. The lowest BCUT2D eigenvalue weighted by molar-refractivity contribution is 0.0998. The molecule has 4 rings (SSSR count). The van der Waals surface area contributed by atoms with Crippen LogP contribution in [0, 0.1) is 6.92 Å². The molecule has 4 aromatic rings. The van der Waals surface area contributed by atoms with Crippen molar-refractivity contribution in [3.63, 3.8) is 0 Å². The van der Waals surface area contributed by atoms with E-state index in [-0.39, 0.29) is 10.7 Å². The molecule has 3 aromatic carbocycles. The molecule has 1 heterocycles. The van der Waals surface area contributed by atoms with Crippen LogP contribution in [0.1, 0.15) is 16.1 Å². The Morgan fingerprint density at radius 3 is 2.45 bits per heavy atom. The van der Waals surface area contributed by atoms with Crippen LogP contribution in [-0.4, -0.2) is 21.4 Å². The number of anilines is 2. The second kappa shape index (κ2) is 8.16. The summed E-state index contributed by atoms with van der Waals surface area (Å²) in [4.78, 5) is 12.7. The fourth-order valence-corrected chi connectivity index (χ4v) is 4.21. The van der Waals surface area contributed by atoms with E-state index in [0.717, 1.165) is 5.39 Å². The molecule has 0 atom stereocenters. The summed E-state index contributed by atoms with van der Waals surface area (Å²) < 4.78 is 39.1. The molecule has 0 radical (unpaired) electrons. The summed E-state index contributed by atoms with van der Waals surface area (Å²) in [6.07, 6.45) is 0. The summed E-state index contributed by atoms with van der Waals surface area (Å²) in [6.45, 7) is 1.78. The number of methoxy groups -OCH3 is 1. The van der Waals surface area contributed by atoms with Crippen LogP contribution in [0.4, 0.5) is 11.4 Å². The molecule has 2 N–H and O–H groups in total. The minimum absolute atomic E-state index is 0.00362. The Bertz CT molecular complexity index is 1340. The lowest BCUT2D eigenvalue weighted by atomic mass is 10.2. The van der Waals surface area contributed by atoms with Gasteiger partial charge in [0.1, 0.15) is 11.3 Å². The summed E-state index contributed by atoms with van der Waals surface area (Å²) in [6, 6.07) is 20.2. The number of amides is 1. The Kier molecular flexibility index (Phi) is 5.39. The summed E-state index contributed by atoms with van der Waals surface area (Å²) in [5.41, 5.74) is 1.99. The molecule has 0 unspecified atom stereocenters. The smallest absolute Gasteiger partial charge is 0.291 e. The molecule has 0 aliphatic heterocycles. The summed E-state index contributed by atoms with van der Waals surface area (Å²) in [5.74, 6) is 0.0733. The van der Waals surface area contributed by atoms with E-state index < -0.39 is 15.9 Å². The normalized spacial score (nSPS) is 11.3.